The van der Waals surface area contributed by atoms with Gasteiger partial charge < -0.3 is 20.3 Å². The minimum atomic E-state index is 0. The molecule has 7 heteroatoms. The Morgan fingerprint density at radius 1 is 1.32 bits per heavy atom. The molecule has 0 aromatic heterocycles. The van der Waals surface area contributed by atoms with E-state index in [1.165, 1.54) is 0 Å². The number of carbonyl (C=O) groups is 1. The minimum Gasteiger partial charge on any atom is -0.380 e. The molecule has 0 aromatic rings. The van der Waals surface area contributed by atoms with Crippen molar-refractivity contribution in [3.05, 3.63) is 0 Å². The first kappa shape index (κ1) is 21.4. The summed E-state index contributed by atoms with van der Waals surface area (Å²) in [6.45, 7) is 8.95. The number of rotatable bonds is 7. The summed E-state index contributed by atoms with van der Waals surface area (Å²) >= 11 is 0. The van der Waals surface area contributed by atoms with E-state index in [9.17, 15) is 4.79 Å². The Kier molecular flexibility index (Phi) is 12.6. The number of guanidine groups is 1. The fraction of sp³-hybridized carbons (Fsp3) is 0.867. The molecular formula is C15H31IN4O2. The highest BCUT2D eigenvalue weighted by molar-refractivity contribution is 14.0. The molecule has 1 amide bonds. The molecule has 2 N–H and O–H groups in total. The molecule has 22 heavy (non-hydrogen) atoms. The first-order chi connectivity index (χ1) is 10.2. The normalized spacial score (nSPS) is 16.1. The second-order valence-corrected chi connectivity index (χ2v) is 5.24. The topological polar surface area (TPSA) is 66.0 Å². The van der Waals surface area contributed by atoms with E-state index in [0.29, 0.717) is 25.5 Å². The summed E-state index contributed by atoms with van der Waals surface area (Å²) in [7, 11) is 1.70. The molecule has 130 valence electrons. The number of ether oxygens (including phenoxy) is 1. The van der Waals surface area contributed by atoms with Gasteiger partial charge >= 0.3 is 0 Å². The average molecular weight is 426 g/mol. The maximum absolute atomic E-state index is 11.4. The molecule has 1 aliphatic rings. The molecule has 0 radical (unpaired) electrons. The van der Waals surface area contributed by atoms with Crippen molar-refractivity contribution in [1.82, 2.24) is 15.5 Å². The standard InChI is InChI=1S/C15H30N4O2.HI/c1-4-17-15(18-8-11-21-5-2)19-9-6-13(7-10-19)12-14(20)16-3;/h13H,4-12H2,1-3H3,(H,16,20)(H,17,18);1H. The van der Waals surface area contributed by atoms with E-state index in [2.05, 4.69) is 27.4 Å². The molecule has 0 saturated carbocycles. The van der Waals surface area contributed by atoms with Crippen molar-refractivity contribution in [2.24, 2.45) is 10.9 Å². The molecular weight excluding hydrogens is 395 g/mol. The average Bonchev–Trinajstić information content (AvgIpc) is 2.51. The maximum atomic E-state index is 11.4. The van der Waals surface area contributed by atoms with Gasteiger partial charge in [-0.15, -0.1) is 24.0 Å². The molecule has 0 aliphatic carbocycles. The lowest BCUT2D eigenvalue weighted by molar-refractivity contribution is -0.121. The van der Waals surface area contributed by atoms with Crippen LogP contribution in [0.25, 0.3) is 0 Å². The molecule has 0 unspecified atom stereocenters. The Balaban J connectivity index is 0.00000441. The van der Waals surface area contributed by atoms with Crippen LogP contribution in [0.2, 0.25) is 0 Å². The number of likely N-dealkylation sites (tertiary alicyclic amines) is 1. The van der Waals surface area contributed by atoms with Crippen molar-refractivity contribution in [2.75, 3.05) is 46.4 Å². The molecule has 6 nitrogen and oxygen atoms in total. The van der Waals surface area contributed by atoms with Crippen molar-refractivity contribution in [2.45, 2.75) is 33.1 Å². The second-order valence-electron chi connectivity index (χ2n) is 5.24. The molecule has 0 atom stereocenters. The van der Waals surface area contributed by atoms with Gasteiger partial charge in [0, 0.05) is 39.7 Å². The number of aliphatic imine (C=N–C) groups is 1. The number of nitrogens with one attached hydrogen (secondary N) is 2. The molecule has 1 fully saturated rings. The number of nitrogens with zero attached hydrogens (tertiary/aromatic N) is 2. The molecule has 0 aromatic carbocycles. The summed E-state index contributed by atoms with van der Waals surface area (Å²) in [4.78, 5) is 18.3. The molecule has 0 bridgehead atoms. The van der Waals surface area contributed by atoms with Crippen LogP contribution in [-0.2, 0) is 9.53 Å². The van der Waals surface area contributed by atoms with Gasteiger partial charge in [-0.25, -0.2) is 0 Å². The van der Waals surface area contributed by atoms with Crippen molar-refractivity contribution in [3.8, 4) is 0 Å². The van der Waals surface area contributed by atoms with Gasteiger partial charge in [-0.1, -0.05) is 0 Å². The highest BCUT2D eigenvalue weighted by atomic mass is 127. The smallest absolute Gasteiger partial charge is 0.220 e. The van der Waals surface area contributed by atoms with E-state index in [1.54, 1.807) is 7.05 Å². The van der Waals surface area contributed by atoms with Crippen LogP contribution < -0.4 is 10.6 Å². The highest BCUT2D eigenvalue weighted by Crippen LogP contribution is 2.20. The van der Waals surface area contributed by atoms with E-state index in [-0.39, 0.29) is 29.9 Å². The number of hydrogen-bond donors (Lipinski definition) is 2. The van der Waals surface area contributed by atoms with Gasteiger partial charge in [0.15, 0.2) is 5.96 Å². The summed E-state index contributed by atoms with van der Waals surface area (Å²) in [5, 5.41) is 6.04. The zero-order valence-electron chi connectivity index (χ0n) is 14.1. The van der Waals surface area contributed by atoms with Crippen LogP contribution in [0.1, 0.15) is 33.1 Å². The van der Waals surface area contributed by atoms with Gasteiger partial charge in [-0.2, -0.15) is 0 Å². The summed E-state index contributed by atoms with van der Waals surface area (Å²) in [5.74, 6) is 1.61. The Morgan fingerprint density at radius 3 is 2.55 bits per heavy atom. The van der Waals surface area contributed by atoms with E-state index in [1.807, 2.05) is 6.92 Å². The van der Waals surface area contributed by atoms with E-state index in [0.717, 1.165) is 45.0 Å². The summed E-state index contributed by atoms with van der Waals surface area (Å²) in [5.41, 5.74) is 0. The van der Waals surface area contributed by atoms with E-state index < -0.39 is 0 Å². The van der Waals surface area contributed by atoms with Gasteiger partial charge in [-0.05, 0) is 32.6 Å². The van der Waals surface area contributed by atoms with Crippen molar-refractivity contribution >= 4 is 35.8 Å². The molecule has 1 rings (SSSR count). The zero-order chi connectivity index (χ0) is 15.5. The maximum Gasteiger partial charge on any atom is 0.220 e. The van der Waals surface area contributed by atoms with E-state index in [4.69, 9.17) is 4.74 Å². The van der Waals surface area contributed by atoms with E-state index >= 15 is 0 Å². The highest BCUT2D eigenvalue weighted by Gasteiger charge is 2.22. The van der Waals surface area contributed by atoms with Crippen molar-refractivity contribution in [3.63, 3.8) is 0 Å². The lowest BCUT2D eigenvalue weighted by atomic mass is 9.93. The monoisotopic (exact) mass is 426 g/mol. The van der Waals surface area contributed by atoms with Crippen molar-refractivity contribution in [1.29, 1.82) is 0 Å². The fourth-order valence-corrected chi connectivity index (χ4v) is 2.50. The van der Waals surface area contributed by atoms with Crippen LogP contribution in [0.3, 0.4) is 0 Å². The third kappa shape index (κ3) is 8.17. The fourth-order valence-electron chi connectivity index (χ4n) is 2.50. The predicted octanol–water partition coefficient (Wildman–Crippen LogP) is 1.45. The first-order valence-corrected chi connectivity index (χ1v) is 8.02. The van der Waals surface area contributed by atoms with Gasteiger partial charge in [0.25, 0.3) is 0 Å². The van der Waals surface area contributed by atoms with Gasteiger partial charge in [0.2, 0.25) is 5.91 Å². The Morgan fingerprint density at radius 2 is 2.00 bits per heavy atom. The molecule has 0 spiro atoms. The van der Waals surface area contributed by atoms with Gasteiger partial charge in [-0.3, -0.25) is 9.79 Å². The molecule has 1 saturated heterocycles. The van der Waals surface area contributed by atoms with Crippen molar-refractivity contribution < 1.29 is 9.53 Å². The van der Waals surface area contributed by atoms with Crippen LogP contribution in [0.15, 0.2) is 4.99 Å². The van der Waals surface area contributed by atoms with Crippen LogP contribution >= 0.6 is 24.0 Å². The van der Waals surface area contributed by atoms with Crippen LogP contribution in [0.4, 0.5) is 0 Å². The van der Waals surface area contributed by atoms with Gasteiger partial charge in [0.1, 0.15) is 0 Å². The first-order valence-electron chi connectivity index (χ1n) is 8.02. The number of hydrogen-bond acceptors (Lipinski definition) is 3. The molecule has 1 heterocycles. The summed E-state index contributed by atoms with van der Waals surface area (Å²) in [6.07, 6.45) is 2.73. The second kappa shape index (κ2) is 12.9. The minimum absolute atomic E-state index is 0. The Bertz CT molecular complexity index is 332. The number of amides is 1. The Hall–Kier alpha value is -0.570. The third-order valence-electron chi connectivity index (χ3n) is 3.70. The lowest BCUT2D eigenvalue weighted by Crippen LogP contribution is -2.46. The number of carbonyl (C=O) groups excluding carboxylic acids is 1. The summed E-state index contributed by atoms with van der Waals surface area (Å²) < 4.78 is 5.32. The number of halogens is 1. The van der Waals surface area contributed by atoms with Crippen LogP contribution in [0, 0.1) is 5.92 Å². The summed E-state index contributed by atoms with van der Waals surface area (Å²) in [6, 6.07) is 0. The Labute approximate surface area is 151 Å². The number of piperidine rings is 1. The van der Waals surface area contributed by atoms with Crippen LogP contribution in [0.5, 0.6) is 0 Å². The van der Waals surface area contributed by atoms with Gasteiger partial charge in [0.05, 0.1) is 13.2 Å². The predicted molar refractivity (Wildman–Crippen MR) is 101 cm³/mol. The largest absolute Gasteiger partial charge is 0.380 e. The molecule has 1 aliphatic heterocycles. The quantitative estimate of drug-likeness (QED) is 0.280. The van der Waals surface area contributed by atoms with Crippen LogP contribution in [-0.4, -0.2) is 63.2 Å². The lowest BCUT2D eigenvalue weighted by Gasteiger charge is -2.34. The third-order valence-corrected chi connectivity index (χ3v) is 3.70. The zero-order valence-corrected chi connectivity index (χ0v) is 16.4. The SMILES string of the molecule is CCNC(=NCCOCC)N1CCC(CC(=O)NC)CC1.I.